The summed E-state index contributed by atoms with van der Waals surface area (Å²) in [6, 6.07) is 5.01. The van der Waals surface area contributed by atoms with E-state index in [-0.39, 0.29) is 5.56 Å². The van der Waals surface area contributed by atoms with E-state index in [1.807, 2.05) is 5.48 Å². The number of ether oxygens (including phenoxy) is 1. The molecule has 1 heterocycles. The Hall–Kier alpha value is -2.34. The molecular weight excluding hydrogens is 224 g/mol. The van der Waals surface area contributed by atoms with E-state index in [1.165, 1.54) is 6.20 Å². The Kier molecular flexibility index (Phi) is 2.80. The predicted octanol–water partition coefficient (Wildman–Crippen LogP) is 1.32. The third kappa shape index (κ3) is 1.74. The molecule has 6 nitrogen and oxygen atoms in total. The van der Waals surface area contributed by atoms with Crippen molar-refractivity contribution in [2.75, 3.05) is 12.6 Å². The molecule has 2 rings (SSSR count). The monoisotopic (exact) mass is 234 g/mol. The number of Topliss-reactive ketones (excluding diaryl/α,β-unsaturated/α-hetero) is 1. The van der Waals surface area contributed by atoms with Gasteiger partial charge in [0.1, 0.15) is 0 Å². The van der Waals surface area contributed by atoms with Gasteiger partial charge in [0.2, 0.25) is 0 Å². The average molecular weight is 234 g/mol. The Morgan fingerprint density at radius 2 is 2.18 bits per heavy atom. The summed E-state index contributed by atoms with van der Waals surface area (Å²) in [6.07, 6.45) is 1.41. The van der Waals surface area contributed by atoms with Crippen LogP contribution in [0, 0.1) is 0 Å². The fraction of sp³-hybridized carbons (Fsp3) is 0.0909. The third-order valence-corrected chi connectivity index (χ3v) is 2.44. The summed E-state index contributed by atoms with van der Waals surface area (Å²) >= 11 is 0. The average Bonchev–Trinajstić information content (AvgIpc) is 2.80. The molecule has 88 valence electrons. The summed E-state index contributed by atoms with van der Waals surface area (Å²) in [6.45, 7) is 0. The summed E-state index contributed by atoms with van der Waals surface area (Å²) in [5, 5.41) is 9.41. The van der Waals surface area contributed by atoms with Crippen LogP contribution in [0.1, 0.15) is 10.4 Å². The summed E-state index contributed by atoms with van der Waals surface area (Å²) in [4.78, 5) is 25.7. The molecule has 6 heteroatoms. The number of aromatic nitrogens is 1. The highest BCUT2D eigenvalue weighted by atomic mass is 16.5. The predicted molar refractivity (Wildman–Crippen MR) is 60.1 cm³/mol. The Morgan fingerprint density at radius 3 is 2.82 bits per heavy atom. The number of nitrogens with one attached hydrogen (secondary N) is 2. The number of methoxy groups -OCH3 is 1. The smallest absolute Gasteiger partial charge is 0.379 e. The first-order chi connectivity index (χ1) is 8.19. The minimum Gasteiger partial charge on any atom is -0.463 e. The van der Waals surface area contributed by atoms with Gasteiger partial charge < -0.3 is 9.72 Å². The van der Waals surface area contributed by atoms with Crippen LogP contribution in [-0.2, 0) is 9.53 Å². The maximum absolute atomic E-state index is 11.7. The van der Waals surface area contributed by atoms with E-state index >= 15 is 0 Å². The van der Waals surface area contributed by atoms with Gasteiger partial charge in [-0.25, -0.2) is 4.79 Å². The van der Waals surface area contributed by atoms with E-state index in [0.29, 0.717) is 16.6 Å². The zero-order valence-corrected chi connectivity index (χ0v) is 8.98. The van der Waals surface area contributed by atoms with Crippen LogP contribution in [0.2, 0.25) is 0 Å². The number of anilines is 1. The molecule has 0 fully saturated rings. The largest absolute Gasteiger partial charge is 0.463 e. The van der Waals surface area contributed by atoms with E-state index in [9.17, 15) is 9.59 Å². The molecule has 0 aliphatic carbocycles. The van der Waals surface area contributed by atoms with E-state index in [4.69, 9.17) is 5.21 Å². The highest BCUT2D eigenvalue weighted by Gasteiger charge is 2.21. The summed E-state index contributed by atoms with van der Waals surface area (Å²) in [7, 11) is 1.14. The topological polar surface area (TPSA) is 91.4 Å². The number of esters is 1. The molecule has 0 saturated heterocycles. The Bertz CT molecular complexity index is 588. The van der Waals surface area contributed by atoms with Crippen molar-refractivity contribution in [3.8, 4) is 0 Å². The van der Waals surface area contributed by atoms with Gasteiger partial charge in [0, 0.05) is 17.1 Å². The van der Waals surface area contributed by atoms with Crippen LogP contribution in [0.3, 0.4) is 0 Å². The third-order valence-electron chi connectivity index (χ3n) is 2.44. The molecule has 0 radical (unpaired) electrons. The fourth-order valence-corrected chi connectivity index (χ4v) is 1.66. The first-order valence-electron chi connectivity index (χ1n) is 4.82. The van der Waals surface area contributed by atoms with Crippen LogP contribution in [0.4, 0.5) is 5.69 Å². The van der Waals surface area contributed by atoms with Crippen molar-refractivity contribution in [3.05, 3.63) is 30.0 Å². The number of ketones is 1. The number of aromatic amines is 1. The Labute approximate surface area is 96.2 Å². The van der Waals surface area contributed by atoms with Crippen LogP contribution in [0.25, 0.3) is 10.9 Å². The number of benzene rings is 1. The molecule has 0 amide bonds. The van der Waals surface area contributed by atoms with Crippen LogP contribution in [0.5, 0.6) is 0 Å². The zero-order valence-electron chi connectivity index (χ0n) is 8.98. The molecule has 0 aliphatic rings. The maximum atomic E-state index is 11.7. The van der Waals surface area contributed by atoms with Crippen molar-refractivity contribution in [2.45, 2.75) is 0 Å². The van der Waals surface area contributed by atoms with E-state index < -0.39 is 11.8 Å². The first-order valence-corrected chi connectivity index (χ1v) is 4.82. The first kappa shape index (κ1) is 11.2. The van der Waals surface area contributed by atoms with Gasteiger partial charge in [0.05, 0.1) is 18.4 Å². The van der Waals surface area contributed by atoms with Gasteiger partial charge in [-0.3, -0.25) is 15.5 Å². The lowest BCUT2D eigenvalue weighted by Crippen LogP contribution is -2.15. The van der Waals surface area contributed by atoms with Crippen molar-refractivity contribution in [1.29, 1.82) is 0 Å². The number of rotatable bonds is 3. The molecular formula is C11H10N2O4. The Morgan fingerprint density at radius 1 is 1.41 bits per heavy atom. The van der Waals surface area contributed by atoms with Crippen molar-refractivity contribution < 1.29 is 19.5 Å². The van der Waals surface area contributed by atoms with Crippen molar-refractivity contribution in [3.63, 3.8) is 0 Å². The van der Waals surface area contributed by atoms with E-state index in [2.05, 4.69) is 9.72 Å². The molecule has 1 aromatic heterocycles. The molecule has 0 bridgehead atoms. The van der Waals surface area contributed by atoms with Gasteiger partial charge in [0.15, 0.2) is 0 Å². The van der Waals surface area contributed by atoms with Gasteiger partial charge >= 0.3 is 5.97 Å². The minimum atomic E-state index is -0.946. The molecule has 0 unspecified atom stereocenters. The standard InChI is InChI=1S/C11H10N2O4/c1-17-11(15)10(14)6-5-12-7-3-2-4-8(13-16)9(6)7/h2-5,12-13,16H,1H3. The van der Waals surface area contributed by atoms with Gasteiger partial charge in [-0.2, -0.15) is 0 Å². The normalized spacial score (nSPS) is 10.2. The van der Waals surface area contributed by atoms with E-state index in [1.54, 1.807) is 18.2 Å². The molecule has 0 aliphatic heterocycles. The molecule has 0 spiro atoms. The Balaban J connectivity index is 2.63. The summed E-state index contributed by atoms with van der Waals surface area (Å²) in [5.41, 5.74) is 3.12. The zero-order chi connectivity index (χ0) is 12.4. The number of H-pyrrole nitrogens is 1. The van der Waals surface area contributed by atoms with Gasteiger partial charge in [0.25, 0.3) is 5.78 Å². The van der Waals surface area contributed by atoms with Gasteiger partial charge in [-0.15, -0.1) is 0 Å². The summed E-state index contributed by atoms with van der Waals surface area (Å²) < 4.78 is 4.37. The maximum Gasteiger partial charge on any atom is 0.379 e. The lowest BCUT2D eigenvalue weighted by molar-refractivity contribution is -0.135. The van der Waals surface area contributed by atoms with E-state index in [0.717, 1.165) is 7.11 Å². The number of hydrogen-bond donors (Lipinski definition) is 3. The van der Waals surface area contributed by atoms with Gasteiger partial charge in [-0.1, -0.05) is 6.07 Å². The highest BCUT2D eigenvalue weighted by Crippen LogP contribution is 2.26. The lowest BCUT2D eigenvalue weighted by atomic mass is 10.1. The van der Waals surface area contributed by atoms with Crippen LogP contribution >= 0.6 is 0 Å². The van der Waals surface area contributed by atoms with Crippen LogP contribution in [0.15, 0.2) is 24.4 Å². The van der Waals surface area contributed by atoms with Crippen LogP contribution < -0.4 is 5.48 Å². The number of carbonyl (C=O) groups excluding carboxylic acids is 2. The minimum absolute atomic E-state index is 0.156. The number of fused-ring (bicyclic) bond motifs is 1. The molecule has 0 saturated carbocycles. The van der Waals surface area contributed by atoms with Crippen molar-refractivity contribution >= 4 is 28.3 Å². The molecule has 1 aromatic carbocycles. The quantitative estimate of drug-likeness (QED) is 0.322. The van der Waals surface area contributed by atoms with Crippen molar-refractivity contribution in [1.82, 2.24) is 4.98 Å². The summed E-state index contributed by atoms with van der Waals surface area (Å²) in [5.74, 6) is -1.71. The highest BCUT2D eigenvalue weighted by molar-refractivity contribution is 6.43. The second kappa shape index (κ2) is 4.26. The second-order valence-corrected chi connectivity index (χ2v) is 3.36. The molecule has 17 heavy (non-hydrogen) atoms. The second-order valence-electron chi connectivity index (χ2n) is 3.36. The lowest BCUT2D eigenvalue weighted by Gasteiger charge is -2.02. The molecule has 2 aromatic rings. The number of hydrogen-bond acceptors (Lipinski definition) is 5. The molecule has 0 atom stereocenters. The number of carbonyl (C=O) groups is 2. The van der Waals surface area contributed by atoms with Crippen molar-refractivity contribution in [2.24, 2.45) is 0 Å². The fourth-order valence-electron chi connectivity index (χ4n) is 1.66. The van der Waals surface area contributed by atoms with Crippen LogP contribution in [-0.4, -0.2) is 29.1 Å². The molecule has 3 N–H and O–H groups in total. The SMILES string of the molecule is COC(=O)C(=O)c1c[nH]c2cccc(NO)c12. The van der Waals surface area contributed by atoms with Gasteiger partial charge in [-0.05, 0) is 12.1 Å².